The molecule has 0 aliphatic heterocycles. The van der Waals surface area contributed by atoms with Gasteiger partial charge in [0.25, 0.3) is 10.1 Å². The molecule has 1 aromatic carbocycles. The van der Waals surface area contributed by atoms with Crippen molar-refractivity contribution in [2.24, 2.45) is 0 Å². The molecule has 3 nitrogen and oxygen atoms in total. The molecule has 0 fully saturated rings. The highest BCUT2D eigenvalue weighted by molar-refractivity contribution is 7.85. The van der Waals surface area contributed by atoms with Crippen LogP contribution in [0.2, 0.25) is 0 Å². The highest BCUT2D eigenvalue weighted by atomic mass is 32.2. The lowest BCUT2D eigenvalue weighted by molar-refractivity contribution is 0.483. The summed E-state index contributed by atoms with van der Waals surface area (Å²) < 4.78 is 29.6. The number of aryl methyl sites for hydroxylation is 1. The fraction of sp³-hybridized carbons (Fsp3) is 0.500. The zero-order valence-corrected chi connectivity index (χ0v) is 12.1. The Morgan fingerprint density at radius 3 is 1.82 bits per heavy atom. The maximum atomic E-state index is 10.5. The van der Waals surface area contributed by atoms with Crippen molar-refractivity contribution in [3.8, 4) is 0 Å². The van der Waals surface area contributed by atoms with Gasteiger partial charge in [0.2, 0.25) is 0 Å². The van der Waals surface area contributed by atoms with E-state index < -0.39 is 10.1 Å². The second-order valence-electron chi connectivity index (χ2n) is 3.76. The van der Waals surface area contributed by atoms with Crippen LogP contribution in [-0.2, 0) is 10.1 Å². The lowest BCUT2D eigenvalue weighted by atomic mass is 10.2. The SMILES string of the molecule is CCC(S)CC.Cc1ccc(S(=O)(=O)O)cc1. The third kappa shape index (κ3) is 7.41. The third-order valence-electron chi connectivity index (χ3n) is 2.26. The number of hydrogen-bond donors (Lipinski definition) is 2. The number of rotatable bonds is 3. The van der Waals surface area contributed by atoms with Gasteiger partial charge < -0.3 is 0 Å². The van der Waals surface area contributed by atoms with E-state index in [0.717, 1.165) is 5.56 Å². The molecule has 0 saturated carbocycles. The summed E-state index contributed by atoms with van der Waals surface area (Å²) in [7, 11) is -4.02. The second kappa shape index (κ2) is 7.74. The first kappa shape index (κ1) is 16.5. The fourth-order valence-corrected chi connectivity index (χ4v) is 1.48. The zero-order chi connectivity index (χ0) is 13.5. The van der Waals surface area contributed by atoms with Gasteiger partial charge in [0.1, 0.15) is 0 Å². The summed E-state index contributed by atoms with van der Waals surface area (Å²) in [5, 5.41) is 0.630. The molecule has 0 aliphatic carbocycles. The number of thiol groups is 1. The summed E-state index contributed by atoms with van der Waals surface area (Å²) in [6.07, 6.45) is 2.39. The van der Waals surface area contributed by atoms with E-state index in [1.54, 1.807) is 12.1 Å². The van der Waals surface area contributed by atoms with Crippen molar-refractivity contribution >= 4 is 22.7 Å². The van der Waals surface area contributed by atoms with Crippen molar-refractivity contribution in [1.82, 2.24) is 0 Å². The van der Waals surface area contributed by atoms with Crippen molar-refractivity contribution in [1.29, 1.82) is 0 Å². The molecule has 98 valence electrons. The molecular formula is C12H20O3S2. The summed E-state index contributed by atoms with van der Waals surface area (Å²) in [6.45, 7) is 6.15. The maximum Gasteiger partial charge on any atom is 0.294 e. The van der Waals surface area contributed by atoms with E-state index in [1.807, 2.05) is 6.92 Å². The van der Waals surface area contributed by atoms with Crippen molar-refractivity contribution in [3.05, 3.63) is 29.8 Å². The van der Waals surface area contributed by atoms with Crippen LogP contribution in [0, 0.1) is 6.92 Å². The van der Waals surface area contributed by atoms with Gasteiger partial charge in [-0.25, -0.2) is 0 Å². The van der Waals surface area contributed by atoms with Gasteiger partial charge >= 0.3 is 0 Å². The molecule has 0 saturated heterocycles. The molecule has 1 N–H and O–H groups in total. The standard InChI is InChI=1S/C7H8O3S.C5H12S/c1-6-2-4-7(5-3-6)11(8,9)10;1-3-5(6)4-2/h2-5H,1H3,(H,8,9,10);5-6H,3-4H2,1-2H3. The van der Waals surface area contributed by atoms with Gasteiger partial charge in [0, 0.05) is 5.25 Å². The minimum absolute atomic E-state index is 0.0666. The van der Waals surface area contributed by atoms with Crippen LogP contribution in [0.1, 0.15) is 32.3 Å². The second-order valence-corrected chi connectivity index (χ2v) is 5.91. The quantitative estimate of drug-likeness (QED) is 0.657. The molecule has 0 unspecified atom stereocenters. The molecule has 0 spiro atoms. The van der Waals surface area contributed by atoms with Crippen molar-refractivity contribution in [2.45, 2.75) is 43.8 Å². The molecule has 0 radical (unpaired) electrons. The van der Waals surface area contributed by atoms with E-state index in [2.05, 4.69) is 26.5 Å². The summed E-state index contributed by atoms with van der Waals surface area (Å²) in [6, 6.07) is 5.99. The number of benzene rings is 1. The van der Waals surface area contributed by atoms with Gasteiger partial charge in [-0.1, -0.05) is 31.5 Å². The van der Waals surface area contributed by atoms with Gasteiger partial charge in [-0.3, -0.25) is 4.55 Å². The Bertz CT molecular complexity index is 406. The highest BCUT2D eigenvalue weighted by Gasteiger charge is 2.06. The van der Waals surface area contributed by atoms with E-state index in [0.29, 0.717) is 5.25 Å². The van der Waals surface area contributed by atoms with Gasteiger partial charge in [-0.05, 0) is 31.9 Å². The van der Waals surface area contributed by atoms with Crippen LogP contribution in [0.15, 0.2) is 29.2 Å². The lowest BCUT2D eigenvalue weighted by Gasteiger charge is -1.97. The molecule has 0 amide bonds. The van der Waals surface area contributed by atoms with E-state index in [4.69, 9.17) is 4.55 Å². The summed E-state index contributed by atoms with van der Waals surface area (Å²) in [5.74, 6) is 0. The van der Waals surface area contributed by atoms with Crippen molar-refractivity contribution in [2.75, 3.05) is 0 Å². The largest absolute Gasteiger partial charge is 0.294 e. The van der Waals surface area contributed by atoms with Gasteiger partial charge in [-0.15, -0.1) is 0 Å². The molecule has 0 aromatic heterocycles. The average molecular weight is 276 g/mol. The highest BCUT2D eigenvalue weighted by Crippen LogP contribution is 2.08. The Morgan fingerprint density at radius 1 is 1.18 bits per heavy atom. The van der Waals surface area contributed by atoms with E-state index in [1.165, 1.54) is 25.0 Å². The van der Waals surface area contributed by atoms with Crippen LogP contribution in [0.25, 0.3) is 0 Å². The van der Waals surface area contributed by atoms with E-state index in [-0.39, 0.29) is 4.90 Å². The third-order valence-corrected chi connectivity index (χ3v) is 3.86. The molecule has 0 atom stereocenters. The Balaban J connectivity index is 0.000000366. The van der Waals surface area contributed by atoms with Crippen molar-refractivity contribution < 1.29 is 13.0 Å². The zero-order valence-electron chi connectivity index (χ0n) is 10.4. The topological polar surface area (TPSA) is 54.4 Å². The predicted octanol–water partition coefficient (Wildman–Crippen LogP) is 3.35. The lowest BCUT2D eigenvalue weighted by Crippen LogP contribution is -1.96. The minimum Gasteiger partial charge on any atom is -0.282 e. The summed E-state index contributed by atoms with van der Waals surface area (Å²) in [4.78, 5) is -0.0666. The van der Waals surface area contributed by atoms with Crippen molar-refractivity contribution in [3.63, 3.8) is 0 Å². The van der Waals surface area contributed by atoms with E-state index in [9.17, 15) is 8.42 Å². The molecule has 0 bridgehead atoms. The van der Waals surface area contributed by atoms with Gasteiger partial charge in [-0.2, -0.15) is 21.0 Å². The average Bonchev–Trinajstić information content (AvgIpc) is 2.28. The molecule has 17 heavy (non-hydrogen) atoms. The maximum absolute atomic E-state index is 10.5. The smallest absolute Gasteiger partial charge is 0.282 e. The van der Waals surface area contributed by atoms with Crippen LogP contribution in [-0.4, -0.2) is 18.2 Å². The Morgan fingerprint density at radius 2 is 1.59 bits per heavy atom. The number of hydrogen-bond acceptors (Lipinski definition) is 3. The van der Waals surface area contributed by atoms with E-state index >= 15 is 0 Å². The Labute approximate surface area is 109 Å². The molecule has 1 rings (SSSR count). The molecular weight excluding hydrogens is 256 g/mol. The summed E-state index contributed by atoms with van der Waals surface area (Å²) in [5.41, 5.74) is 0.956. The Kier molecular flexibility index (Phi) is 7.50. The monoisotopic (exact) mass is 276 g/mol. The van der Waals surface area contributed by atoms with Crippen LogP contribution in [0.4, 0.5) is 0 Å². The van der Waals surface area contributed by atoms with Crippen LogP contribution >= 0.6 is 12.6 Å². The normalized spacial score (nSPS) is 10.9. The molecule has 5 heteroatoms. The minimum atomic E-state index is -4.02. The van der Waals surface area contributed by atoms with Gasteiger partial charge in [0.15, 0.2) is 0 Å². The summed E-state index contributed by atoms with van der Waals surface area (Å²) >= 11 is 4.23. The molecule has 0 aliphatic rings. The van der Waals surface area contributed by atoms with Crippen LogP contribution in [0.3, 0.4) is 0 Å². The van der Waals surface area contributed by atoms with Gasteiger partial charge in [0.05, 0.1) is 4.90 Å². The predicted molar refractivity (Wildman–Crippen MR) is 74.3 cm³/mol. The molecule has 1 aromatic rings. The first-order valence-electron chi connectivity index (χ1n) is 5.53. The first-order chi connectivity index (χ1) is 7.81. The molecule has 0 heterocycles. The van der Waals surface area contributed by atoms with Crippen LogP contribution in [0.5, 0.6) is 0 Å². The van der Waals surface area contributed by atoms with Crippen LogP contribution < -0.4 is 0 Å². The fourth-order valence-electron chi connectivity index (χ4n) is 0.999. The first-order valence-corrected chi connectivity index (χ1v) is 7.49. The Hall–Kier alpha value is -0.520.